The molecule has 1 fully saturated rings. The molecule has 0 saturated heterocycles. The highest BCUT2D eigenvalue weighted by Gasteiger charge is 2.30. The van der Waals surface area contributed by atoms with Gasteiger partial charge in [-0.15, -0.1) is 0 Å². The van der Waals surface area contributed by atoms with Gasteiger partial charge >= 0.3 is 0 Å². The van der Waals surface area contributed by atoms with E-state index in [0.29, 0.717) is 5.75 Å². The number of aryl methyl sites for hydroxylation is 1. The van der Waals surface area contributed by atoms with Crippen LogP contribution in [0.15, 0.2) is 24.3 Å². The van der Waals surface area contributed by atoms with Gasteiger partial charge in [0.05, 0.1) is 5.75 Å². The van der Waals surface area contributed by atoms with E-state index in [1.54, 1.807) is 0 Å². The van der Waals surface area contributed by atoms with E-state index < -0.39 is 10.8 Å². The van der Waals surface area contributed by atoms with Gasteiger partial charge in [0.2, 0.25) is 0 Å². The van der Waals surface area contributed by atoms with Gasteiger partial charge in [-0.25, -0.2) is 0 Å². The van der Waals surface area contributed by atoms with E-state index in [0.717, 1.165) is 18.4 Å². The van der Waals surface area contributed by atoms with Crippen LogP contribution in [-0.4, -0.2) is 15.7 Å². The van der Waals surface area contributed by atoms with Crippen molar-refractivity contribution in [3.63, 3.8) is 0 Å². The van der Waals surface area contributed by atoms with Crippen LogP contribution < -0.4 is 0 Å². The van der Waals surface area contributed by atoms with Crippen LogP contribution in [0, 0.1) is 12.8 Å². The number of hydrogen-bond donors (Lipinski definition) is 0. The van der Waals surface area contributed by atoms with E-state index in [-0.39, 0.29) is 17.5 Å². The summed E-state index contributed by atoms with van der Waals surface area (Å²) in [4.78, 5) is 11.5. The van der Waals surface area contributed by atoms with Gasteiger partial charge in [0.1, 0.15) is 5.78 Å². The molecule has 0 spiro atoms. The van der Waals surface area contributed by atoms with E-state index in [1.807, 2.05) is 31.2 Å². The zero-order chi connectivity index (χ0) is 11.5. The van der Waals surface area contributed by atoms with Crippen molar-refractivity contribution in [2.75, 3.05) is 5.75 Å². The zero-order valence-corrected chi connectivity index (χ0v) is 10.3. The molecule has 1 aliphatic carbocycles. The summed E-state index contributed by atoms with van der Waals surface area (Å²) in [5.41, 5.74) is 2.23. The normalized spacial score (nSPS) is 17.1. The molecule has 3 heteroatoms. The van der Waals surface area contributed by atoms with Crippen LogP contribution in [0.5, 0.6) is 0 Å². The molecule has 2 rings (SSSR count). The maximum Gasteiger partial charge on any atom is 0.148 e. The molecule has 0 bridgehead atoms. The Hall–Kier alpha value is -0.960. The Morgan fingerprint density at radius 3 is 2.81 bits per heavy atom. The molecular formula is C13H16O2S. The van der Waals surface area contributed by atoms with Crippen molar-refractivity contribution in [1.29, 1.82) is 0 Å². The first-order valence-electron chi connectivity index (χ1n) is 5.58. The molecule has 86 valence electrons. The summed E-state index contributed by atoms with van der Waals surface area (Å²) in [7, 11) is -1.04. The van der Waals surface area contributed by atoms with Gasteiger partial charge in [-0.05, 0) is 25.3 Å². The fraction of sp³-hybridized carbons (Fsp3) is 0.462. The van der Waals surface area contributed by atoms with E-state index in [2.05, 4.69) is 0 Å². The van der Waals surface area contributed by atoms with E-state index in [1.165, 1.54) is 5.56 Å². The van der Waals surface area contributed by atoms with Gasteiger partial charge in [0.15, 0.2) is 0 Å². The van der Waals surface area contributed by atoms with Crippen molar-refractivity contribution in [3.8, 4) is 0 Å². The van der Waals surface area contributed by atoms with Crippen LogP contribution in [0.4, 0.5) is 0 Å². The summed E-state index contributed by atoms with van der Waals surface area (Å²) in [6.45, 7) is 2.02. The summed E-state index contributed by atoms with van der Waals surface area (Å²) in [6.07, 6.45) is 2.00. The van der Waals surface area contributed by atoms with Crippen molar-refractivity contribution in [3.05, 3.63) is 35.4 Å². The van der Waals surface area contributed by atoms with E-state index in [9.17, 15) is 9.00 Å². The number of benzene rings is 1. The van der Waals surface area contributed by atoms with Gasteiger partial charge in [-0.1, -0.05) is 29.8 Å². The van der Waals surface area contributed by atoms with Crippen molar-refractivity contribution in [1.82, 2.24) is 0 Å². The average Bonchev–Trinajstić information content (AvgIpc) is 2.99. The molecule has 1 atom stereocenters. The third-order valence-electron chi connectivity index (χ3n) is 2.75. The minimum atomic E-state index is -1.04. The second-order valence-corrected chi connectivity index (χ2v) is 5.92. The lowest BCUT2D eigenvalue weighted by molar-refractivity contribution is -0.117. The molecule has 1 aromatic rings. The van der Waals surface area contributed by atoms with Crippen LogP contribution in [0.3, 0.4) is 0 Å². The molecular weight excluding hydrogens is 220 g/mol. The third-order valence-corrected chi connectivity index (χ3v) is 4.01. The average molecular weight is 236 g/mol. The first-order chi connectivity index (χ1) is 7.65. The molecule has 0 N–H and O–H groups in total. The fourth-order valence-corrected chi connectivity index (χ4v) is 2.93. The lowest BCUT2D eigenvalue weighted by Crippen LogP contribution is -2.13. The molecule has 0 aromatic heterocycles. The summed E-state index contributed by atoms with van der Waals surface area (Å²) in [5, 5.41) is 0. The van der Waals surface area contributed by atoms with Crippen LogP contribution in [0.1, 0.15) is 24.0 Å². The lowest BCUT2D eigenvalue weighted by atomic mass is 10.2. The topological polar surface area (TPSA) is 34.1 Å². The minimum Gasteiger partial charge on any atom is -0.298 e. The molecule has 0 radical (unpaired) electrons. The Bertz CT molecular complexity index is 422. The smallest absolute Gasteiger partial charge is 0.148 e. The highest BCUT2D eigenvalue weighted by molar-refractivity contribution is 7.84. The lowest BCUT2D eigenvalue weighted by Gasteiger charge is -2.02. The van der Waals surface area contributed by atoms with Crippen LogP contribution >= 0.6 is 0 Å². The Morgan fingerprint density at radius 2 is 2.19 bits per heavy atom. The van der Waals surface area contributed by atoms with Crippen LogP contribution in [0.2, 0.25) is 0 Å². The molecule has 0 aliphatic heterocycles. The molecule has 1 aromatic carbocycles. The Balaban J connectivity index is 1.89. The first-order valence-corrected chi connectivity index (χ1v) is 7.07. The molecule has 1 unspecified atom stereocenters. The Morgan fingerprint density at radius 1 is 1.44 bits per heavy atom. The number of rotatable bonds is 5. The van der Waals surface area contributed by atoms with Crippen molar-refractivity contribution >= 4 is 16.6 Å². The van der Waals surface area contributed by atoms with Crippen molar-refractivity contribution in [2.45, 2.75) is 25.5 Å². The van der Waals surface area contributed by atoms with Crippen molar-refractivity contribution in [2.24, 2.45) is 5.92 Å². The van der Waals surface area contributed by atoms with Gasteiger partial charge in [-0.2, -0.15) is 0 Å². The molecule has 1 saturated carbocycles. The summed E-state index contributed by atoms with van der Waals surface area (Å²) < 4.78 is 11.8. The van der Waals surface area contributed by atoms with Crippen molar-refractivity contribution < 1.29 is 9.00 Å². The zero-order valence-electron chi connectivity index (χ0n) is 9.44. The summed E-state index contributed by atoms with van der Waals surface area (Å²) in [5.74, 6) is 1.14. The fourth-order valence-electron chi connectivity index (χ4n) is 1.72. The van der Waals surface area contributed by atoms with Gasteiger partial charge in [0.25, 0.3) is 0 Å². The molecule has 1 aliphatic rings. The Labute approximate surface area is 98.5 Å². The third kappa shape index (κ3) is 3.27. The number of carbonyl (C=O) groups excluding carboxylic acids is 1. The second kappa shape index (κ2) is 4.91. The molecule has 2 nitrogen and oxygen atoms in total. The quantitative estimate of drug-likeness (QED) is 0.785. The summed E-state index contributed by atoms with van der Waals surface area (Å²) >= 11 is 0. The Kier molecular flexibility index (Phi) is 3.54. The monoisotopic (exact) mass is 236 g/mol. The highest BCUT2D eigenvalue weighted by atomic mass is 32.2. The second-order valence-electron chi connectivity index (χ2n) is 4.46. The first kappa shape index (κ1) is 11.5. The highest BCUT2D eigenvalue weighted by Crippen LogP contribution is 2.30. The number of ketones is 1. The van der Waals surface area contributed by atoms with E-state index >= 15 is 0 Å². The number of Topliss-reactive ketones (excluding diaryl/α,β-unsaturated/α-hetero) is 1. The predicted molar refractivity (Wildman–Crippen MR) is 65.6 cm³/mol. The largest absolute Gasteiger partial charge is 0.298 e. The SMILES string of the molecule is Cc1cccc(CS(=O)CC(=O)C2CC2)c1. The standard InChI is InChI=1S/C13H16O2S/c1-10-3-2-4-11(7-10)8-16(15)9-13(14)12-5-6-12/h2-4,7,12H,5-6,8-9H2,1H3. The van der Waals surface area contributed by atoms with Crippen LogP contribution in [-0.2, 0) is 21.3 Å². The maximum absolute atomic E-state index is 11.8. The summed E-state index contributed by atoms with van der Waals surface area (Å²) in [6, 6.07) is 7.97. The molecule has 0 heterocycles. The minimum absolute atomic E-state index is 0.186. The predicted octanol–water partition coefficient (Wildman–Crippen LogP) is 2.22. The molecule has 16 heavy (non-hydrogen) atoms. The molecule has 0 amide bonds. The van der Waals surface area contributed by atoms with E-state index in [4.69, 9.17) is 0 Å². The maximum atomic E-state index is 11.8. The number of carbonyl (C=O) groups is 1. The van der Waals surface area contributed by atoms with Gasteiger partial charge in [0, 0.05) is 22.5 Å². The van der Waals surface area contributed by atoms with Gasteiger partial charge < -0.3 is 0 Å². The number of hydrogen-bond acceptors (Lipinski definition) is 2. The van der Waals surface area contributed by atoms with Crippen LogP contribution in [0.25, 0.3) is 0 Å². The van der Waals surface area contributed by atoms with Gasteiger partial charge in [-0.3, -0.25) is 9.00 Å².